The van der Waals surface area contributed by atoms with E-state index < -0.39 is 5.82 Å². The molecule has 25 heavy (non-hydrogen) atoms. The number of benzene rings is 2. The van der Waals surface area contributed by atoms with Crippen LogP contribution in [-0.2, 0) is 4.74 Å². The molecule has 4 nitrogen and oxygen atoms in total. The molecular weight excluding hydrogens is 361 g/mol. The highest BCUT2D eigenvalue weighted by molar-refractivity contribution is 7.98. The van der Waals surface area contributed by atoms with Crippen LogP contribution in [0.2, 0.25) is 5.02 Å². The second-order valence-corrected chi connectivity index (χ2v) is 6.88. The number of nitrogens with zero attached hydrogens (tertiary/aromatic N) is 1. The number of anilines is 1. The van der Waals surface area contributed by atoms with Gasteiger partial charge in [0.25, 0.3) is 0 Å². The molecule has 0 fully saturated rings. The van der Waals surface area contributed by atoms with Gasteiger partial charge >= 0.3 is 0 Å². The van der Waals surface area contributed by atoms with Crippen LogP contribution in [-0.4, -0.2) is 25.7 Å². The standard InChI is InChI=1S/C18H19ClFN3OS/c1-11(24-2)9-10-21-18-22-17-13(6-4-8-15(17)25-23-18)12-5-3-7-14(20)16(12)19/h3-8,11H,9-10H2,1-2H3,(H2,21,22,23). The molecule has 0 amide bonds. The molecule has 2 aromatic rings. The van der Waals surface area contributed by atoms with Crippen LogP contribution in [0.1, 0.15) is 13.3 Å². The number of ether oxygens (including phenoxy) is 1. The Morgan fingerprint density at radius 2 is 2.04 bits per heavy atom. The first-order chi connectivity index (χ1) is 12.1. The van der Waals surface area contributed by atoms with E-state index in [1.807, 2.05) is 31.2 Å². The summed E-state index contributed by atoms with van der Waals surface area (Å²) in [5, 5.41) is 6.68. The van der Waals surface area contributed by atoms with Gasteiger partial charge in [-0.3, -0.25) is 0 Å². The molecular formula is C18H19ClFN3OS. The molecule has 0 aromatic heterocycles. The van der Waals surface area contributed by atoms with E-state index in [9.17, 15) is 4.39 Å². The van der Waals surface area contributed by atoms with Crippen molar-refractivity contribution in [2.24, 2.45) is 4.40 Å². The van der Waals surface area contributed by atoms with Gasteiger partial charge < -0.3 is 15.4 Å². The first kappa shape index (κ1) is 18.0. The van der Waals surface area contributed by atoms with E-state index in [1.165, 1.54) is 18.0 Å². The third-order valence-electron chi connectivity index (χ3n) is 3.99. The van der Waals surface area contributed by atoms with Gasteiger partial charge in [0.05, 0.1) is 21.7 Å². The Balaban J connectivity index is 1.82. The molecule has 0 saturated heterocycles. The third-order valence-corrected chi connectivity index (χ3v) is 5.19. The quantitative estimate of drug-likeness (QED) is 0.721. The number of para-hydroxylation sites is 1. The smallest absolute Gasteiger partial charge is 0.207 e. The Morgan fingerprint density at radius 3 is 2.84 bits per heavy atom. The van der Waals surface area contributed by atoms with Crippen LogP contribution >= 0.6 is 23.5 Å². The fraction of sp³-hybridized carbons (Fsp3) is 0.278. The summed E-state index contributed by atoms with van der Waals surface area (Å²) >= 11 is 7.55. The Hall–Kier alpha value is -1.76. The maximum absolute atomic E-state index is 13.8. The lowest BCUT2D eigenvalue weighted by molar-refractivity contribution is 0.112. The zero-order valence-electron chi connectivity index (χ0n) is 14.0. The Labute approximate surface area is 156 Å². The van der Waals surface area contributed by atoms with Gasteiger partial charge in [-0.05, 0) is 25.5 Å². The molecule has 1 aliphatic heterocycles. The number of fused-ring (bicyclic) bond motifs is 1. The molecule has 1 atom stereocenters. The summed E-state index contributed by atoms with van der Waals surface area (Å²) in [4.78, 5) is 0.966. The van der Waals surface area contributed by atoms with Gasteiger partial charge in [0.1, 0.15) is 5.82 Å². The molecule has 0 radical (unpaired) electrons. The number of nitrogens with one attached hydrogen (secondary N) is 2. The molecule has 2 N–H and O–H groups in total. The van der Waals surface area contributed by atoms with Crippen molar-refractivity contribution in [3.8, 4) is 11.1 Å². The molecule has 0 aliphatic carbocycles. The summed E-state index contributed by atoms with van der Waals surface area (Å²) in [5.74, 6) is 0.238. The fourth-order valence-electron chi connectivity index (χ4n) is 2.50. The summed E-state index contributed by atoms with van der Waals surface area (Å²) in [5.41, 5.74) is 2.37. The van der Waals surface area contributed by atoms with Crippen LogP contribution in [0, 0.1) is 5.82 Å². The van der Waals surface area contributed by atoms with E-state index in [0.717, 1.165) is 29.1 Å². The van der Waals surface area contributed by atoms with Crippen LogP contribution in [0.4, 0.5) is 10.1 Å². The van der Waals surface area contributed by atoms with Crippen LogP contribution in [0.25, 0.3) is 11.1 Å². The average molecular weight is 380 g/mol. The average Bonchev–Trinajstić information content (AvgIpc) is 2.63. The van der Waals surface area contributed by atoms with Crippen molar-refractivity contribution >= 4 is 35.2 Å². The van der Waals surface area contributed by atoms with Gasteiger partial charge in [-0.15, -0.1) is 0 Å². The fourth-order valence-corrected chi connectivity index (χ4v) is 3.42. The van der Waals surface area contributed by atoms with Gasteiger partial charge in [-0.1, -0.05) is 35.9 Å². The monoisotopic (exact) mass is 379 g/mol. The Morgan fingerprint density at radius 1 is 1.28 bits per heavy atom. The second kappa shape index (κ2) is 8.08. The minimum atomic E-state index is -0.430. The maximum atomic E-state index is 13.8. The third kappa shape index (κ3) is 4.08. The number of guanidine groups is 1. The lowest BCUT2D eigenvalue weighted by Gasteiger charge is -2.22. The molecule has 1 unspecified atom stereocenters. The number of halogens is 2. The highest BCUT2D eigenvalue weighted by Crippen LogP contribution is 2.41. The first-order valence-corrected chi connectivity index (χ1v) is 9.11. The highest BCUT2D eigenvalue weighted by Gasteiger charge is 2.19. The van der Waals surface area contributed by atoms with Crippen LogP contribution in [0.5, 0.6) is 0 Å². The van der Waals surface area contributed by atoms with Gasteiger partial charge in [0.15, 0.2) is 0 Å². The van der Waals surface area contributed by atoms with Crippen molar-refractivity contribution in [3.05, 3.63) is 47.2 Å². The minimum Gasteiger partial charge on any atom is -0.382 e. The lowest BCUT2D eigenvalue weighted by atomic mass is 10.0. The summed E-state index contributed by atoms with van der Waals surface area (Å²) in [7, 11) is 1.70. The van der Waals surface area contributed by atoms with Gasteiger partial charge in [-0.2, -0.15) is 4.40 Å². The van der Waals surface area contributed by atoms with E-state index >= 15 is 0 Å². The number of methoxy groups -OCH3 is 1. The topological polar surface area (TPSA) is 45.6 Å². The highest BCUT2D eigenvalue weighted by atomic mass is 35.5. The number of hydrogen-bond donors (Lipinski definition) is 2. The summed E-state index contributed by atoms with van der Waals surface area (Å²) < 4.78 is 23.5. The molecule has 0 bridgehead atoms. The Kier molecular flexibility index (Phi) is 5.83. The molecule has 0 spiro atoms. The lowest BCUT2D eigenvalue weighted by Crippen LogP contribution is -2.34. The second-order valence-electron chi connectivity index (χ2n) is 5.70. The van der Waals surface area contributed by atoms with Crippen molar-refractivity contribution < 1.29 is 9.13 Å². The molecule has 1 aliphatic rings. The van der Waals surface area contributed by atoms with Crippen LogP contribution < -0.4 is 10.6 Å². The van der Waals surface area contributed by atoms with Crippen molar-refractivity contribution in [1.82, 2.24) is 5.32 Å². The molecule has 1 heterocycles. The molecule has 3 rings (SSSR count). The van der Waals surface area contributed by atoms with Crippen LogP contribution in [0.3, 0.4) is 0 Å². The zero-order valence-corrected chi connectivity index (χ0v) is 15.5. The van der Waals surface area contributed by atoms with E-state index in [2.05, 4.69) is 15.0 Å². The number of hydrogen-bond acceptors (Lipinski definition) is 5. The molecule has 2 aromatic carbocycles. The van der Waals surface area contributed by atoms with Gasteiger partial charge in [0, 0.05) is 36.7 Å². The first-order valence-electron chi connectivity index (χ1n) is 7.96. The van der Waals surface area contributed by atoms with Crippen molar-refractivity contribution in [2.75, 3.05) is 19.0 Å². The van der Waals surface area contributed by atoms with Crippen molar-refractivity contribution in [2.45, 2.75) is 24.3 Å². The maximum Gasteiger partial charge on any atom is 0.207 e. The normalized spacial score (nSPS) is 14.3. The van der Waals surface area contributed by atoms with Crippen molar-refractivity contribution in [3.63, 3.8) is 0 Å². The van der Waals surface area contributed by atoms with E-state index in [0.29, 0.717) is 11.5 Å². The zero-order chi connectivity index (χ0) is 17.8. The van der Waals surface area contributed by atoms with E-state index in [-0.39, 0.29) is 11.1 Å². The minimum absolute atomic E-state index is 0.119. The molecule has 0 saturated carbocycles. The summed E-state index contributed by atoms with van der Waals surface area (Å²) in [6.07, 6.45) is 1.05. The van der Waals surface area contributed by atoms with Crippen molar-refractivity contribution in [1.29, 1.82) is 0 Å². The van der Waals surface area contributed by atoms with Crippen LogP contribution in [0.15, 0.2) is 45.7 Å². The summed E-state index contributed by atoms with van der Waals surface area (Å²) in [6, 6.07) is 10.6. The SMILES string of the molecule is COC(C)CCNC1=NSc2cccc(-c3cccc(F)c3Cl)c2N1. The predicted molar refractivity (Wildman–Crippen MR) is 103 cm³/mol. The molecule has 132 valence electrons. The van der Waals surface area contributed by atoms with E-state index in [1.54, 1.807) is 13.2 Å². The van der Waals surface area contributed by atoms with Gasteiger partial charge in [0.2, 0.25) is 5.96 Å². The van der Waals surface area contributed by atoms with E-state index in [4.69, 9.17) is 16.3 Å². The molecule has 7 heteroatoms. The number of rotatable bonds is 5. The summed E-state index contributed by atoms with van der Waals surface area (Å²) in [6.45, 7) is 2.76. The largest absolute Gasteiger partial charge is 0.382 e. The van der Waals surface area contributed by atoms with Gasteiger partial charge in [-0.25, -0.2) is 4.39 Å². The Bertz CT molecular complexity index is 800. The predicted octanol–water partition coefficient (Wildman–Crippen LogP) is 4.95.